The van der Waals surface area contributed by atoms with Crippen LogP contribution in [0.5, 0.6) is 0 Å². The summed E-state index contributed by atoms with van der Waals surface area (Å²) in [7, 11) is 0. The molecule has 2 aliphatic rings. The molecule has 1 aliphatic carbocycles. The van der Waals surface area contributed by atoms with Crippen LogP contribution in [0.15, 0.2) is 54.6 Å². The molecular weight excluding hydrogens is 310 g/mol. The minimum Gasteiger partial charge on any atom is -0.336 e. The van der Waals surface area contributed by atoms with Crippen LogP contribution >= 0.6 is 0 Å². The molecule has 1 amide bonds. The van der Waals surface area contributed by atoms with Gasteiger partial charge in [0, 0.05) is 37.8 Å². The fraction of sp³-hybridized carbons (Fsp3) is 0.381. The lowest BCUT2D eigenvalue weighted by Crippen LogP contribution is -2.56. The highest BCUT2D eigenvalue weighted by Gasteiger charge is 2.25. The van der Waals surface area contributed by atoms with Crippen LogP contribution in [0, 0.1) is 0 Å². The number of hydrogen-bond donors (Lipinski definition) is 1. The summed E-state index contributed by atoms with van der Waals surface area (Å²) in [5, 5.41) is 2.28. The van der Waals surface area contributed by atoms with E-state index in [1.807, 2.05) is 47.4 Å². The van der Waals surface area contributed by atoms with Gasteiger partial charge in [0.2, 0.25) is 0 Å². The van der Waals surface area contributed by atoms with Crippen molar-refractivity contribution in [3.05, 3.63) is 60.2 Å². The summed E-state index contributed by atoms with van der Waals surface area (Å²) in [6.45, 7) is 3.40. The number of carbonyl (C=O) groups excluding carboxylic acids is 1. The van der Waals surface area contributed by atoms with Gasteiger partial charge in [-0.2, -0.15) is 0 Å². The molecule has 2 fully saturated rings. The molecule has 0 spiro atoms. The van der Waals surface area contributed by atoms with E-state index in [0.717, 1.165) is 37.3 Å². The zero-order valence-corrected chi connectivity index (χ0v) is 14.5. The molecule has 1 saturated heterocycles. The Morgan fingerprint density at radius 2 is 1.48 bits per heavy atom. The summed E-state index contributed by atoms with van der Waals surface area (Å²) in [5.74, 6) is 0.142. The summed E-state index contributed by atoms with van der Waals surface area (Å²) in [6, 6.07) is 18.9. The van der Waals surface area contributed by atoms with Crippen LogP contribution in [0.1, 0.15) is 29.6 Å². The topological polar surface area (TPSA) is 35.6 Å². The largest absolute Gasteiger partial charge is 0.336 e. The van der Waals surface area contributed by atoms with E-state index in [4.69, 9.17) is 0 Å². The Kier molecular flexibility index (Phi) is 4.81. The van der Waals surface area contributed by atoms with E-state index in [1.54, 1.807) is 0 Å². The maximum atomic E-state index is 12.7. The first-order chi connectivity index (χ1) is 12.3. The molecule has 130 valence electrons. The van der Waals surface area contributed by atoms with Crippen molar-refractivity contribution in [3.8, 4) is 11.1 Å². The van der Waals surface area contributed by atoms with Gasteiger partial charge in [0.25, 0.3) is 5.91 Å². The normalized spacial score (nSPS) is 18.8. The number of benzene rings is 2. The van der Waals surface area contributed by atoms with Crippen molar-refractivity contribution in [2.45, 2.75) is 25.3 Å². The monoisotopic (exact) mass is 335 g/mol. The minimum absolute atomic E-state index is 0.142. The molecule has 4 heteroatoms. The molecule has 2 aromatic rings. The van der Waals surface area contributed by atoms with E-state index >= 15 is 0 Å². The number of rotatable bonds is 4. The molecule has 1 saturated carbocycles. The smallest absolute Gasteiger partial charge is 0.253 e. The molecule has 0 bridgehead atoms. The highest BCUT2D eigenvalue weighted by Crippen LogP contribution is 2.21. The van der Waals surface area contributed by atoms with Crippen LogP contribution in [-0.2, 0) is 0 Å². The fourth-order valence-electron chi connectivity index (χ4n) is 3.45. The molecule has 1 N–H and O–H groups in total. The molecule has 0 unspecified atom stereocenters. The van der Waals surface area contributed by atoms with Crippen molar-refractivity contribution in [2.24, 2.45) is 0 Å². The third kappa shape index (κ3) is 3.75. The van der Waals surface area contributed by atoms with Gasteiger partial charge in [0.05, 0.1) is 0 Å². The fourth-order valence-corrected chi connectivity index (χ4v) is 3.45. The maximum absolute atomic E-state index is 12.7. The summed E-state index contributed by atoms with van der Waals surface area (Å²) in [5.41, 5.74) is 6.68. The van der Waals surface area contributed by atoms with Gasteiger partial charge in [-0.3, -0.25) is 10.2 Å². The molecule has 0 atom stereocenters. The van der Waals surface area contributed by atoms with Crippen molar-refractivity contribution >= 4 is 5.91 Å². The number of hydrazine groups is 1. The van der Waals surface area contributed by atoms with Crippen molar-refractivity contribution in [2.75, 3.05) is 26.2 Å². The van der Waals surface area contributed by atoms with Crippen molar-refractivity contribution < 1.29 is 4.79 Å². The predicted octanol–water partition coefficient (Wildman–Crippen LogP) is 3.17. The van der Waals surface area contributed by atoms with Crippen LogP contribution in [0.4, 0.5) is 0 Å². The second-order valence-corrected chi connectivity index (χ2v) is 6.98. The standard InChI is InChI=1S/C21H25N3O/c25-21(23-13-15-24(16-14-23)22-20-7-4-8-20)19-11-9-18(10-12-19)17-5-2-1-3-6-17/h1-3,5-6,9-12,20,22H,4,7-8,13-16H2. The molecule has 1 heterocycles. The minimum atomic E-state index is 0.142. The second-order valence-electron chi connectivity index (χ2n) is 6.98. The molecule has 0 aromatic heterocycles. The Morgan fingerprint density at radius 3 is 2.08 bits per heavy atom. The van der Waals surface area contributed by atoms with E-state index in [-0.39, 0.29) is 5.91 Å². The highest BCUT2D eigenvalue weighted by molar-refractivity contribution is 5.94. The Balaban J connectivity index is 1.35. The van der Waals surface area contributed by atoms with Crippen LogP contribution in [0.3, 0.4) is 0 Å². The molecule has 4 rings (SSSR count). The first-order valence-corrected chi connectivity index (χ1v) is 9.25. The van der Waals surface area contributed by atoms with Gasteiger partial charge in [-0.25, -0.2) is 5.01 Å². The zero-order valence-electron chi connectivity index (χ0n) is 14.5. The number of amides is 1. The van der Waals surface area contributed by atoms with E-state index in [2.05, 4.69) is 22.6 Å². The van der Waals surface area contributed by atoms with Gasteiger partial charge in [0.15, 0.2) is 0 Å². The average Bonchev–Trinajstić information content (AvgIpc) is 2.65. The van der Waals surface area contributed by atoms with Gasteiger partial charge >= 0.3 is 0 Å². The van der Waals surface area contributed by atoms with Crippen LogP contribution in [0.2, 0.25) is 0 Å². The second kappa shape index (κ2) is 7.38. The first kappa shape index (κ1) is 16.3. The van der Waals surface area contributed by atoms with Crippen molar-refractivity contribution in [1.29, 1.82) is 0 Å². The third-order valence-electron chi connectivity index (χ3n) is 5.28. The van der Waals surface area contributed by atoms with Crippen LogP contribution in [0.25, 0.3) is 11.1 Å². The quantitative estimate of drug-likeness (QED) is 0.932. The molecule has 25 heavy (non-hydrogen) atoms. The average molecular weight is 335 g/mol. The Hall–Kier alpha value is -2.17. The zero-order chi connectivity index (χ0) is 17.1. The Bertz CT molecular complexity index is 702. The van der Waals surface area contributed by atoms with Gasteiger partial charge in [-0.1, -0.05) is 48.9 Å². The van der Waals surface area contributed by atoms with Crippen molar-refractivity contribution in [1.82, 2.24) is 15.3 Å². The summed E-state index contributed by atoms with van der Waals surface area (Å²) >= 11 is 0. The SMILES string of the molecule is O=C(c1ccc(-c2ccccc2)cc1)N1CCN(NC2CCC2)CC1. The van der Waals surface area contributed by atoms with Gasteiger partial charge in [0.1, 0.15) is 0 Å². The summed E-state index contributed by atoms with van der Waals surface area (Å²) in [6.07, 6.45) is 3.91. The highest BCUT2D eigenvalue weighted by atomic mass is 16.2. The number of nitrogens with one attached hydrogen (secondary N) is 1. The summed E-state index contributed by atoms with van der Waals surface area (Å²) in [4.78, 5) is 14.7. The molecular formula is C21H25N3O. The molecule has 0 radical (unpaired) electrons. The lowest BCUT2D eigenvalue weighted by Gasteiger charge is -2.39. The lowest BCUT2D eigenvalue weighted by molar-refractivity contribution is 0.0442. The van der Waals surface area contributed by atoms with Crippen LogP contribution < -0.4 is 5.43 Å². The van der Waals surface area contributed by atoms with E-state index in [1.165, 1.54) is 24.8 Å². The number of carbonyl (C=O) groups is 1. The number of hydrogen-bond acceptors (Lipinski definition) is 3. The van der Waals surface area contributed by atoms with Gasteiger partial charge < -0.3 is 4.90 Å². The van der Waals surface area contributed by atoms with Crippen molar-refractivity contribution in [3.63, 3.8) is 0 Å². The molecule has 2 aromatic carbocycles. The van der Waals surface area contributed by atoms with Crippen LogP contribution in [-0.4, -0.2) is 48.0 Å². The van der Waals surface area contributed by atoms with Gasteiger partial charge in [-0.15, -0.1) is 0 Å². The van der Waals surface area contributed by atoms with Gasteiger partial charge in [-0.05, 0) is 36.1 Å². The summed E-state index contributed by atoms with van der Waals surface area (Å²) < 4.78 is 0. The maximum Gasteiger partial charge on any atom is 0.253 e. The Labute approximate surface area is 149 Å². The Morgan fingerprint density at radius 1 is 0.840 bits per heavy atom. The third-order valence-corrected chi connectivity index (χ3v) is 5.28. The van der Waals surface area contributed by atoms with E-state index in [0.29, 0.717) is 6.04 Å². The lowest BCUT2D eigenvalue weighted by atomic mass is 9.94. The number of nitrogens with zero attached hydrogens (tertiary/aromatic N) is 2. The molecule has 1 aliphatic heterocycles. The predicted molar refractivity (Wildman–Crippen MR) is 100 cm³/mol. The van der Waals surface area contributed by atoms with E-state index < -0.39 is 0 Å². The van der Waals surface area contributed by atoms with E-state index in [9.17, 15) is 4.79 Å². The molecule has 4 nitrogen and oxygen atoms in total. The number of piperazine rings is 1. The first-order valence-electron chi connectivity index (χ1n) is 9.25.